The van der Waals surface area contributed by atoms with Gasteiger partial charge in [-0.25, -0.2) is 4.98 Å². The second-order valence-electron chi connectivity index (χ2n) is 5.30. The molecule has 5 nitrogen and oxygen atoms in total. The van der Waals surface area contributed by atoms with E-state index in [1.807, 2.05) is 0 Å². The molecule has 0 spiro atoms. The van der Waals surface area contributed by atoms with Gasteiger partial charge in [-0.15, -0.1) is 0 Å². The zero-order valence-electron chi connectivity index (χ0n) is 13.5. The molecule has 0 fully saturated rings. The van der Waals surface area contributed by atoms with E-state index < -0.39 is 6.10 Å². The molecule has 1 aromatic carbocycles. The molecule has 1 N–H and O–H groups in total. The first-order chi connectivity index (χ1) is 11.1. The van der Waals surface area contributed by atoms with Crippen LogP contribution in [-0.2, 0) is 4.74 Å². The van der Waals surface area contributed by atoms with E-state index >= 15 is 0 Å². The summed E-state index contributed by atoms with van der Waals surface area (Å²) in [6.07, 6.45) is 1.70. The molecular weight excluding hydrogens is 316 g/mol. The zero-order chi connectivity index (χ0) is 16.8. The fourth-order valence-electron chi connectivity index (χ4n) is 2.05. The molecule has 124 valence electrons. The highest BCUT2D eigenvalue weighted by atomic mass is 35.5. The second-order valence-corrected chi connectivity index (χ2v) is 5.66. The highest BCUT2D eigenvalue weighted by Crippen LogP contribution is 2.28. The summed E-state index contributed by atoms with van der Waals surface area (Å²) >= 11 is 6.20. The fourth-order valence-corrected chi connectivity index (χ4v) is 2.30. The van der Waals surface area contributed by atoms with Crippen molar-refractivity contribution in [3.05, 3.63) is 52.6 Å². The standard InChI is InChI=1S/C17H21ClN2O3/c1-4-11(2)14-9-19-15(17(18)20-14)16(21)12-5-7-13(8-6-12)23-10-22-3/h5-9,11,16,21H,4,10H2,1-3H3. The number of ether oxygens (including phenoxy) is 2. The van der Waals surface area contributed by atoms with Crippen LogP contribution in [0.2, 0.25) is 5.15 Å². The number of benzene rings is 1. The molecule has 0 amide bonds. The van der Waals surface area contributed by atoms with Gasteiger partial charge in [-0.1, -0.05) is 37.6 Å². The molecule has 2 unspecified atom stereocenters. The minimum absolute atomic E-state index is 0.177. The lowest BCUT2D eigenvalue weighted by atomic mass is 10.0. The second kappa shape index (κ2) is 8.24. The van der Waals surface area contributed by atoms with Crippen LogP contribution in [0.5, 0.6) is 5.75 Å². The van der Waals surface area contributed by atoms with Crippen LogP contribution in [0.3, 0.4) is 0 Å². The number of aliphatic hydroxyl groups excluding tert-OH is 1. The van der Waals surface area contributed by atoms with Gasteiger partial charge in [0.2, 0.25) is 0 Å². The molecule has 1 heterocycles. The largest absolute Gasteiger partial charge is 0.468 e. The fraction of sp³-hybridized carbons (Fsp3) is 0.412. The summed E-state index contributed by atoms with van der Waals surface area (Å²) in [6.45, 7) is 4.32. The number of aliphatic hydroxyl groups is 1. The summed E-state index contributed by atoms with van der Waals surface area (Å²) < 4.78 is 10.2. The van der Waals surface area contributed by atoms with Gasteiger partial charge in [0.25, 0.3) is 0 Å². The van der Waals surface area contributed by atoms with Gasteiger partial charge in [-0.05, 0) is 30.0 Å². The highest BCUT2D eigenvalue weighted by molar-refractivity contribution is 6.30. The lowest BCUT2D eigenvalue weighted by Gasteiger charge is -2.14. The third-order valence-electron chi connectivity index (χ3n) is 3.69. The molecule has 6 heteroatoms. The Hall–Kier alpha value is -1.69. The van der Waals surface area contributed by atoms with Gasteiger partial charge in [0.1, 0.15) is 17.5 Å². The van der Waals surface area contributed by atoms with Crippen LogP contribution in [0, 0.1) is 0 Å². The summed E-state index contributed by atoms with van der Waals surface area (Å²) in [5, 5.41) is 10.7. The van der Waals surface area contributed by atoms with E-state index in [9.17, 15) is 5.11 Å². The Labute approximate surface area is 141 Å². The van der Waals surface area contributed by atoms with Gasteiger partial charge in [-0.2, -0.15) is 0 Å². The van der Waals surface area contributed by atoms with Crippen LogP contribution in [0.25, 0.3) is 0 Å². The van der Waals surface area contributed by atoms with Crippen molar-refractivity contribution in [2.75, 3.05) is 13.9 Å². The molecule has 0 aliphatic rings. The number of rotatable bonds is 7. The minimum atomic E-state index is -0.933. The zero-order valence-corrected chi connectivity index (χ0v) is 14.2. The molecule has 0 radical (unpaired) electrons. The predicted molar refractivity (Wildman–Crippen MR) is 88.8 cm³/mol. The molecule has 2 rings (SSSR count). The first-order valence-electron chi connectivity index (χ1n) is 7.48. The summed E-state index contributed by atoms with van der Waals surface area (Å²) in [5.41, 5.74) is 1.85. The minimum Gasteiger partial charge on any atom is -0.468 e. The topological polar surface area (TPSA) is 64.5 Å². The van der Waals surface area contributed by atoms with E-state index in [4.69, 9.17) is 21.1 Å². The Balaban J connectivity index is 2.18. The molecular formula is C17H21ClN2O3. The predicted octanol–water partition coefficient (Wildman–Crippen LogP) is 3.71. The average Bonchev–Trinajstić information content (AvgIpc) is 2.59. The maximum atomic E-state index is 10.5. The van der Waals surface area contributed by atoms with E-state index in [0.29, 0.717) is 17.0 Å². The number of methoxy groups -OCH3 is 1. The SMILES string of the molecule is CCC(C)c1cnc(C(O)c2ccc(OCOC)cc2)c(Cl)n1. The Bertz CT molecular complexity index is 634. The van der Waals surface area contributed by atoms with Gasteiger partial charge in [-0.3, -0.25) is 4.98 Å². The van der Waals surface area contributed by atoms with Crippen LogP contribution in [0.15, 0.2) is 30.5 Å². The third kappa shape index (κ3) is 4.41. The molecule has 0 aliphatic carbocycles. The van der Waals surface area contributed by atoms with E-state index in [0.717, 1.165) is 12.1 Å². The van der Waals surface area contributed by atoms with Crippen LogP contribution in [-0.4, -0.2) is 29.0 Å². The Morgan fingerprint density at radius 1 is 1.26 bits per heavy atom. The Kier molecular flexibility index (Phi) is 6.33. The number of nitrogens with zero attached hydrogens (tertiary/aromatic N) is 2. The van der Waals surface area contributed by atoms with Crippen molar-refractivity contribution in [2.24, 2.45) is 0 Å². The molecule has 0 aliphatic heterocycles. The van der Waals surface area contributed by atoms with Crippen molar-refractivity contribution in [1.82, 2.24) is 9.97 Å². The molecule has 2 aromatic rings. The monoisotopic (exact) mass is 336 g/mol. The molecule has 1 aromatic heterocycles. The van der Waals surface area contributed by atoms with Gasteiger partial charge in [0.05, 0.1) is 5.69 Å². The average molecular weight is 337 g/mol. The van der Waals surface area contributed by atoms with Crippen molar-refractivity contribution in [3.8, 4) is 5.75 Å². The van der Waals surface area contributed by atoms with E-state index in [2.05, 4.69) is 23.8 Å². The Morgan fingerprint density at radius 3 is 2.52 bits per heavy atom. The van der Waals surface area contributed by atoms with Crippen molar-refractivity contribution in [3.63, 3.8) is 0 Å². The lowest BCUT2D eigenvalue weighted by molar-refractivity contribution is 0.0511. The number of halogens is 1. The molecule has 2 atom stereocenters. The van der Waals surface area contributed by atoms with Crippen LogP contribution in [0.4, 0.5) is 0 Å². The van der Waals surface area contributed by atoms with E-state index in [1.54, 1.807) is 37.6 Å². The van der Waals surface area contributed by atoms with Crippen molar-refractivity contribution in [1.29, 1.82) is 0 Å². The first-order valence-corrected chi connectivity index (χ1v) is 7.86. The lowest BCUT2D eigenvalue weighted by Crippen LogP contribution is -2.07. The van der Waals surface area contributed by atoms with Crippen molar-refractivity contribution in [2.45, 2.75) is 32.3 Å². The highest BCUT2D eigenvalue weighted by Gasteiger charge is 2.18. The van der Waals surface area contributed by atoms with Gasteiger partial charge >= 0.3 is 0 Å². The Morgan fingerprint density at radius 2 is 1.96 bits per heavy atom. The molecule has 23 heavy (non-hydrogen) atoms. The van der Waals surface area contributed by atoms with Crippen LogP contribution < -0.4 is 4.74 Å². The quantitative estimate of drug-likeness (QED) is 0.781. The smallest absolute Gasteiger partial charge is 0.188 e. The molecule has 0 saturated carbocycles. The van der Waals surface area contributed by atoms with Gasteiger partial charge < -0.3 is 14.6 Å². The molecule has 0 saturated heterocycles. The van der Waals surface area contributed by atoms with Gasteiger partial charge in [0, 0.05) is 13.3 Å². The van der Waals surface area contributed by atoms with Crippen LogP contribution in [0.1, 0.15) is 49.2 Å². The summed E-state index contributed by atoms with van der Waals surface area (Å²) in [4.78, 5) is 8.65. The maximum Gasteiger partial charge on any atom is 0.188 e. The van der Waals surface area contributed by atoms with Gasteiger partial charge in [0.15, 0.2) is 11.9 Å². The first kappa shape index (κ1) is 17.7. The number of hydrogen-bond donors (Lipinski definition) is 1. The van der Waals surface area contributed by atoms with Crippen molar-refractivity contribution >= 4 is 11.6 Å². The molecule has 0 bridgehead atoms. The summed E-state index contributed by atoms with van der Waals surface area (Å²) in [5.74, 6) is 0.940. The van der Waals surface area contributed by atoms with E-state index in [1.165, 1.54) is 0 Å². The number of aromatic nitrogens is 2. The van der Waals surface area contributed by atoms with Crippen molar-refractivity contribution < 1.29 is 14.6 Å². The normalized spacial score (nSPS) is 13.6. The summed E-state index contributed by atoms with van der Waals surface area (Å²) in [7, 11) is 1.56. The maximum absolute atomic E-state index is 10.5. The summed E-state index contributed by atoms with van der Waals surface area (Å²) in [6, 6.07) is 7.03. The van der Waals surface area contributed by atoms with Crippen LogP contribution >= 0.6 is 11.6 Å². The third-order valence-corrected chi connectivity index (χ3v) is 3.97. The number of hydrogen-bond acceptors (Lipinski definition) is 5. The van der Waals surface area contributed by atoms with E-state index in [-0.39, 0.29) is 17.9 Å².